The summed E-state index contributed by atoms with van der Waals surface area (Å²) >= 11 is 7.47. The number of rotatable bonds is 3. The molecule has 3 nitrogen and oxygen atoms in total. The molecule has 0 saturated carbocycles. The van der Waals surface area contributed by atoms with Gasteiger partial charge in [0.25, 0.3) is 5.91 Å². The van der Waals surface area contributed by atoms with Crippen molar-refractivity contribution in [2.45, 2.75) is 32.2 Å². The van der Waals surface area contributed by atoms with E-state index in [0.29, 0.717) is 22.5 Å². The molecule has 0 aromatic carbocycles. The first-order chi connectivity index (χ1) is 8.18. The summed E-state index contributed by atoms with van der Waals surface area (Å²) in [6, 6.07) is 0.410. The van der Waals surface area contributed by atoms with Gasteiger partial charge in [-0.1, -0.05) is 18.0 Å². The van der Waals surface area contributed by atoms with E-state index in [2.05, 4.69) is 10.6 Å². The maximum Gasteiger partial charge on any atom is 0.262 e. The van der Waals surface area contributed by atoms with Gasteiger partial charge in [0.1, 0.15) is 4.88 Å². The van der Waals surface area contributed by atoms with Gasteiger partial charge >= 0.3 is 0 Å². The third-order valence-corrected chi connectivity index (χ3v) is 4.72. The Morgan fingerprint density at radius 3 is 3.06 bits per heavy atom. The van der Waals surface area contributed by atoms with E-state index in [-0.39, 0.29) is 5.91 Å². The Morgan fingerprint density at radius 2 is 2.47 bits per heavy atom. The lowest BCUT2D eigenvalue weighted by atomic mass is 10.1. The van der Waals surface area contributed by atoms with Crippen molar-refractivity contribution in [3.63, 3.8) is 0 Å². The Balaban J connectivity index is 1.86. The van der Waals surface area contributed by atoms with E-state index in [1.165, 1.54) is 24.2 Å². The van der Waals surface area contributed by atoms with Crippen molar-refractivity contribution >= 4 is 28.8 Å². The molecule has 1 aromatic heterocycles. The maximum atomic E-state index is 11.9. The Morgan fingerprint density at radius 1 is 1.65 bits per heavy atom. The molecular formula is C12H17ClN2OS. The number of halogens is 1. The van der Waals surface area contributed by atoms with Gasteiger partial charge in [0.15, 0.2) is 0 Å². The summed E-state index contributed by atoms with van der Waals surface area (Å²) < 4.78 is 0. The fourth-order valence-electron chi connectivity index (χ4n) is 1.98. The number of aryl methyl sites for hydroxylation is 1. The van der Waals surface area contributed by atoms with Gasteiger partial charge in [-0.05, 0) is 37.3 Å². The Bertz CT molecular complexity index is 399. The Kier molecular flexibility index (Phi) is 4.42. The van der Waals surface area contributed by atoms with Gasteiger partial charge in [-0.2, -0.15) is 0 Å². The van der Waals surface area contributed by atoms with E-state index >= 15 is 0 Å². The summed E-state index contributed by atoms with van der Waals surface area (Å²) in [7, 11) is 0. The van der Waals surface area contributed by atoms with Crippen LogP contribution in [-0.4, -0.2) is 25.0 Å². The highest BCUT2D eigenvalue weighted by Crippen LogP contribution is 2.26. The van der Waals surface area contributed by atoms with Gasteiger partial charge in [-0.3, -0.25) is 4.79 Å². The molecule has 1 aliphatic rings. The van der Waals surface area contributed by atoms with Gasteiger partial charge in [0.05, 0.1) is 5.02 Å². The molecule has 0 radical (unpaired) electrons. The molecule has 1 atom stereocenters. The number of carbonyl (C=O) groups excluding carboxylic acids is 1. The van der Waals surface area contributed by atoms with Gasteiger partial charge in [-0.25, -0.2) is 0 Å². The average molecular weight is 273 g/mol. The van der Waals surface area contributed by atoms with Crippen LogP contribution in [0.5, 0.6) is 0 Å². The molecule has 0 bridgehead atoms. The molecular weight excluding hydrogens is 256 g/mol. The number of hydrogen-bond acceptors (Lipinski definition) is 3. The SMILES string of the molecule is Cc1csc(C(=O)NCC2CCCCN2)c1Cl. The van der Waals surface area contributed by atoms with Crippen molar-refractivity contribution < 1.29 is 4.79 Å². The lowest BCUT2D eigenvalue weighted by molar-refractivity contribution is 0.0952. The predicted octanol–water partition coefficient (Wildman–Crippen LogP) is 2.58. The molecule has 1 saturated heterocycles. The van der Waals surface area contributed by atoms with Crippen LogP contribution in [0.1, 0.15) is 34.5 Å². The van der Waals surface area contributed by atoms with Crippen LogP contribution in [0, 0.1) is 6.92 Å². The molecule has 0 spiro atoms. The summed E-state index contributed by atoms with van der Waals surface area (Å²) in [5.41, 5.74) is 0.970. The van der Waals surface area contributed by atoms with Crippen LogP contribution in [0.2, 0.25) is 5.02 Å². The minimum absolute atomic E-state index is 0.0551. The second-order valence-corrected chi connectivity index (χ2v) is 5.68. The normalized spacial score (nSPS) is 20.2. The highest BCUT2D eigenvalue weighted by molar-refractivity contribution is 7.13. The van der Waals surface area contributed by atoms with Gasteiger partial charge in [-0.15, -0.1) is 11.3 Å². The van der Waals surface area contributed by atoms with Crippen molar-refractivity contribution in [2.24, 2.45) is 0 Å². The molecule has 2 rings (SSSR count). The second kappa shape index (κ2) is 5.85. The van der Waals surface area contributed by atoms with Crippen molar-refractivity contribution in [3.05, 3.63) is 20.8 Å². The lowest BCUT2D eigenvalue weighted by Gasteiger charge is -2.23. The van der Waals surface area contributed by atoms with Crippen LogP contribution in [0.3, 0.4) is 0 Å². The third-order valence-electron chi connectivity index (χ3n) is 3.03. The van der Waals surface area contributed by atoms with E-state index in [1.807, 2.05) is 12.3 Å². The number of piperidine rings is 1. The van der Waals surface area contributed by atoms with Crippen molar-refractivity contribution in [2.75, 3.05) is 13.1 Å². The molecule has 0 aliphatic carbocycles. The number of carbonyl (C=O) groups is 1. The Hall–Kier alpha value is -0.580. The largest absolute Gasteiger partial charge is 0.350 e. The van der Waals surface area contributed by atoms with Crippen molar-refractivity contribution in [3.8, 4) is 0 Å². The molecule has 1 unspecified atom stereocenters. The lowest BCUT2D eigenvalue weighted by Crippen LogP contribution is -2.43. The van der Waals surface area contributed by atoms with Gasteiger partial charge < -0.3 is 10.6 Å². The highest BCUT2D eigenvalue weighted by Gasteiger charge is 2.17. The van der Waals surface area contributed by atoms with Crippen LogP contribution in [0.15, 0.2) is 5.38 Å². The molecule has 1 fully saturated rings. The summed E-state index contributed by atoms with van der Waals surface area (Å²) in [5, 5.41) is 8.85. The van der Waals surface area contributed by atoms with E-state index < -0.39 is 0 Å². The molecule has 17 heavy (non-hydrogen) atoms. The van der Waals surface area contributed by atoms with Crippen LogP contribution in [0.4, 0.5) is 0 Å². The summed E-state index contributed by atoms with van der Waals surface area (Å²) in [4.78, 5) is 12.5. The van der Waals surface area contributed by atoms with E-state index in [0.717, 1.165) is 18.5 Å². The molecule has 2 N–H and O–H groups in total. The zero-order valence-electron chi connectivity index (χ0n) is 9.88. The Labute approximate surface area is 111 Å². The van der Waals surface area contributed by atoms with Gasteiger partial charge in [0.2, 0.25) is 0 Å². The minimum Gasteiger partial charge on any atom is -0.350 e. The topological polar surface area (TPSA) is 41.1 Å². The quantitative estimate of drug-likeness (QED) is 0.888. The first-order valence-corrected chi connectivity index (χ1v) is 7.19. The summed E-state index contributed by atoms with van der Waals surface area (Å²) in [5.74, 6) is -0.0551. The maximum absolute atomic E-state index is 11.9. The number of amides is 1. The third kappa shape index (κ3) is 3.21. The second-order valence-electron chi connectivity index (χ2n) is 4.42. The summed E-state index contributed by atoms with van der Waals surface area (Å²) in [6.07, 6.45) is 3.62. The number of hydrogen-bond donors (Lipinski definition) is 2. The summed E-state index contributed by atoms with van der Waals surface area (Å²) in [6.45, 7) is 3.66. The number of thiophene rings is 1. The molecule has 5 heteroatoms. The molecule has 1 aliphatic heterocycles. The fourth-order valence-corrected chi connectivity index (χ4v) is 3.17. The molecule has 94 valence electrons. The molecule has 1 aromatic rings. The van der Waals surface area contributed by atoms with Crippen LogP contribution in [-0.2, 0) is 0 Å². The van der Waals surface area contributed by atoms with Crippen LogP contribution < -0.4 is 10.6 Å². The molecule has 1 amide bonds. The standard InChI is InChI=1S/C12H17ClN2OS/c1-8-7-17-11(10(8)13)12(16)15-6-9-4-2-3-5-14-9/h7,9,14H,2-6H2,1H3,(H,15,16). The van der Waals surface area contributed by atoms with Crippen LogP contribution in [0.25, 0.3) is 0 Å². The van der Waals surface area contributed by atoms with Crippen molar-refractivity contribution in [1.29, 1.82) is 0 Å². The number of nitrogens with one attached hydrogen (secondary N) is 2. The first-order valence-electron chi connectivity index (χ1n) is 5.93. The van der Waals surface area contributed by atoms with E-state index in [4.69, 9.17) is 11.6 Å². The zero-order valence-corrected chi connectivity index (χ0v) is 11.5. The van der Waals surface area contributed by atoms with E-state index in [9.17, 15) is 4.79 Å². The van der Waals surface area contributed by atoms with Crippen LogP contribution >= 0.6 is 22.9 Å². The fraction of sp³-hybridized carbons (Fsp3) is 0.583. The van der Waals surface area contributed by atoms with Gasteiger partial charge in [0, 0.05) is 12.6 Å². The minimum atomic E-state index is -0.0551. The predicted molar refractivity (Wildman–Crippen MR) is 72.0 cm³/mol. The van der Waals surface area contributed by atoms with E-state index in [1.54, 1.807) is 0 Å². The highest BCUT2D eigenvalue weighted by atomic mass is 35.5. The zero-order chi connectivity index (χ0) is 12.3. The monoisotopic (exact) mass is 272 g/mol. The smallest absolute Gasteiger partial charge is 0.262 e. The first kappa shape index (κ1) is 12.9. The molecule has 2 heterocycles. The van der Waals surface area contributed by atoms with Crippen molar-refractivity contribution in [1.82, 2.24) is 10.6 Å². The average Bonchev–Trinajstić information content (AvgIpc) is 2.69.